The van der Waals surface area contributed by atoms with Crippen LogP contribution in [-0.2, 0) is 0 Å². The van der Waals surface area contributed by atoms with E-state index in [4.69, 9.17) is 0 Å². The molecule has 0 radical (unpaired) electrons. The highest BCUT2D eigenvalue weighted by atomic mass is 15.1. The van der Waals surface area contributed by atoms with Crippen LogP contribution in [0.4, 0.5) is 0 Å². The minimum atomic E-state index is 0.599. The molecule has 0 aromatic carbocycles. The van der Waals surface area contributed by atoms with E-state index >= 15 is 0 Å². The van der Waals surface area contributed by atoms with Gasteiger partial charge in [0.1, 0.15) is 0 Å². The van der Waals surface area contributed by atoms with E-state index in [0.29, 0.717) is 6.04 Å². The number of rotatable bonds is 6. The molecular weight excluding hydrogens is 148 g/mol. The predicted molar refractivity (Wildman–Crippen MR) is 55.5 cm³/mol. The lowest BCUT2D eigenvalue weighted by molar-refractivity contribution is 0.285. The minimum absolute atomic E-state index is 0.599. The van der Waals surface area contributed by atoms with Crippen molar-refractivity contribution in [2.75, 3.05) is 27.2 Å². The third-order valence-corrected chi connectivity index (χ3v) is 2.17. The average molecular weight is 172 g/mol. The fraction of sp³-hybridized carbons (Fsp3) is 1.00. The van der Waals surface area contributed by atoms with Crippen LogP contribution < -0.4 is 5.32 Å². The van der Waals surface area contributed by atoms with Crippen LogP contribution in [0.15, 0.2) is 0 Å². The summed E-state index contributed by atoms with van der Waals surface area (Å²) in [5.41, 5.74) is 0. The normalized spacial score (nSPS) is 14.2. The summed E-state index contributed by atoms with van der Waals surface area (Å²) in [6.07, 6.45) is 1.30. The molecule has 2 heteroatoms. The van der Waals surface area contributed by atoms with E-state index in [-0.39, 0.29) is 0 Å². The van der Waals surface area contributed by atoms with E-state index in [1.807, 2.05) is 7.05 Å². The Morgan fingerprint density at radius 2 is 1.83 bits per heavy atom. The van der Waals surface area contributed by atoms with E-state index in [9.17, 15) is 0 Å². The SMILES string of the molecule is CNC(C)CN(C)CCC(C)C. The summed E-state index contributed by atoms with van der Waals surface area (Å²) in [4.78, 5) is 2.39. The molecule has 1 unspecified atom stereocenters. The smallest absolute Gasteiger partial charge is 0.0163 e. The molecule has 12 heavy (non-hydrogen) atoms. The zero-order valence-corrected chi connectivity index (χ0v) is 9.22. The second kappa shape index (κ2) is 6.44. The van der Waals surface area contributed by atoms with Gasteiger partial charge in [-0.25, -0.2) is 0 Å². The molecule has 1 atom stereocenters. The third-order valence-electron chi connectivity index (χ3n) is 2.17. The highest BCUT2D eigenvalue weighted by Crippen LogP contribution is 2.00. The Bertz CT molecular complexity index is 102. The van der Waals surface area contributed by atoms with Crippen molar-refractivity contribution < 1.29 is 0 Å². The number of likely N-dealkylation sites (N-methyl/N-ethyl adjacent to an activating group) is 2. The lowest BCUT2D eigenvalue weighted by Crippen LogP contribution is -2.36. The quantitative estimate of drug-likeness (QED) is 0.654. The van der Waals surface area contributed by atoms with Crippen molar-refractivity contribution in [2.24, 2.45) is 5.92 Å². The number of hydrogen-bond donors (Lipinski definition) is 1. The van der Waals surface area contributed by atoms with Gasteiger partial charge in [-0.3, -0.25) is 0 Å². The van der Waals surface area contributed by atoms with E-state index in [2.05, 4.69) is 38.0 Å². The molecule has 0 saturated heterocycles. The molecule has 0 heterocycles. The van der Waals surface area contributed by atoms with Crippen molar-refractivity contribution in [3.63, 3.8) is 0 Å². The van der Waals surface area contributed by atoms with Crippen LogP contribution in [0.2, 0.25) is 0 Å². The third kappa shape index (κ3) is 6.62. The standard InChI is InChI=1S/C10H24N2/c1-9(2)6-7-12(5)8-10(3)11-4/h9-11H,6-8H2,1-5H3. The van der Waals surface area contributed by atoms with E-state index in [1.54, 1.807) is 0 Å². The second-order valence-electron chi connectivity index (χ2n) is 4.13. The molecule has 0 saturated carbocycles. The molecule has 0 aromatic heterocycles. The van der Waals surface area contributed by atoms with Gasteiger partial charge < -0.3 is 10.2 Å². The van der Waals surface area contributed by atoms with Gasteiger partial charge in [0.15, 0.2) is 0 Å². The lowest BCUT2D eigenvalue weighted by atomic mass is 10.1. The van der Waals surface area contributed by atoms with Crippen molar-refractivity contribution in [2.45, 2.75) is 33.2 Å². The fourth-order valence-electron chi connectivity index (χ4n) is 1.13. The van der Waals surface area contributed by atoms with Crippen molar-refractivity contribution in [3.05, 3.63) is 0 Å². The summed E-state index contributed by atoms with van der Waals surface area (Å²) in [7, 11) is 4.21. The van der Waals surface area contributed by atoms with Crippen LogP contribution in [-0.4, -0.2) is 38.1 Å². The first-order chi connectivity index (χ1) is 5.56. The van der Waals surface area contributed by atoms with Crippen LogP contribution in [0.25, 0.3) is 0 Å². The molecule has 0 rings (SSSR count). The zero-order chi connectivity index (χ0) is 9.56. The van der Waals surface area contributed by atoms with Gasteiger partial charge in [0, 0.05) is 12.6 Å². The van der Waals surface area contributed by atoms with Gasteiger partial charge in [-0.05, 0) is 39.9 Å². The molecule has 0 aliphatic carbocycles. The largest absolute Gasteiger partial charge is 0.316 e. The van der Waals surface area contributed by atoms with Crippen molar-refractivity contribution in [1.29, 1.82) is 0 Å². The fourth-order valence-corrected chi connectivity index (χ4v) is 1.13. The van der Waals surface area contributed by atoms with Gasteiger partial charge in [0.2, 0.25) is 0 Å². The topological polar surface area (TPSA) is 15.3 Å². The van der Waals surface area contributed by atoms with Gasteiger partial charge in [0.05, 0.1) is 0 Å². The Hall–Kier alpha value is -0.0800. The molecule has 0 amide bonds. The highest BCUT2D eigenvalue weighted by Gasteiger charge is 2.04. The first kappa shape index (κ1) is 11.9. The van der Waals surface area contributed by atoms with E-state index in [0.717, 1.165) is 12.5 Å². The zero-order valence-electron chi connectivity index (χ0n) is 9.22. The molecule has 0 aromatic rings. The monoisotopic (exact) mass is 172 g/mol. The van der Waals surface area contributed by atoms with Crippen molar-refractivity contribution in [1.82, 2.24) is 10.2 Å². The van der Waals surface area contributed by atoms with Crippen molar-refractivity contribution >= 4 is 0 Å². The van der Waals surface area contributed by atoms with Gasteiger partial charge in [-0.15, -0.1) is 0 Å². The van der Waals surface area contributed by atoms with Crippen LogP contribution in [0.5, 0.6) is 0 Å². The van der Waals surface area contributed by atoms with Gasteiger partial charge in [0.25, 0.3) is 0 Å². The predicted octanol–water partition coefficient (Wildman–Crippen LogP) is 1.57. The molecule has 0 spiro atoms. The van der Waals surface area contributed by atoms with Crippen LogP contribution in [0.3, 0.4) is 0 Å². The minimum Gasteiger partial charge on any atom is -0.316 e. The van der Waals surface area contributed by atoms with E-state index < -0.39 is 0 Å². The van der Waals surface area contributed by atoms with Gasteiger partial charge in [-0.2, -0.15) is 0 Å². The summed E-state index contributed by atoms with van der Waals surface area (Å²) in [5, 5.41) is 3.24. The summed E-state index contributed by atoms with van der Waals surface area (Å²) in [6, 6.07) is 0.599. The Labute approximate surface area is 77.3 Å². The molecule has 2 nitrogen and oxygen atoms in total. The second-order valence-corrected chi connectivity index (χ2v) is 4.13. The highest BCUT2D eigenvalue weighted by molar-refractivity contribution is 4.63. The maximum Gasteiger partial charge on any atom is 0.0163 e. The first-order valence-corrected chi connectivity index (χ1v) is 4.92. The Balaban J connectivity index is 3.39. The summed E-state index contributed by atoms with van der Waals surface area (Å²) in [6.45, 7) is 9.11. The number of nitrogens with zero attached hydrogens (tertiary/aromatic N) is 1. The van der Waals surface area contributed by atoms with Crippen LogP contribution in [0.1, 0.15) is 27.2 Å². The number of nitrogens with one attached hydrogen (secondary N) is 1. The molecule has 0 bridgehead atoms. The Morgan fingerprint density at radius 3 is 2.25 bits per heavy atom. The van der Waals surface area contributed by atoms with E-state index in [1.165, 1.54) is 13.0 Å². The molecular formula is C10H24N2. The molecule has 1 N–H and O–H groups in total. The maximum atomic E-state index is 3.24. The maximum absolute atomic E-state index is 3.24. The first-order valence-electron chi connectivity index (χ1n) is 4.92. The van der Waals surface area contributed by atoms with Gasteiger partial charge >= 0.3 is 0 Å². The van der Waals surface area contributed by atoms with Crippen LogP contribution >= 0.6 is 0 Å². The average Bonchev–Trinajstić information content (AvgIpc) is 2.00. The summed E-state index contributed by atoms with van der Waals surface area (Å²) in [5.74, 6) is 0.817. The van der Waals surface area contributed by atoms with Gasteiger partial charge in [-0.1, -0.05) is 13.8 Å². The van der Waals surface area contributed by atoms with Crippen molar-refractivity contribution in [3.8, 4) is 0 Å². The molecule has 0 aliphatic rings. The summed E-state index contributed by atoms with van der Waals surface area (Å²) >= 11 is 0. The molecule has 0 fully saturated rings. The summed E-state index contributed by atoms with van der Waals surface area (Å²) < 4.78 is 0. The molecule has 0 aliphatic heterocycles. The molecule has 74 valence electrons. The van der Waals surface area contributed by atoms with Crippen LogP contribution in [0, 0.1) is 5.92 Å². The Morgan fingerprint density at radius 1 is 1.25 bits per heavy atom. The lowest BCUT2D eigenvalue weighted by Gasteiger charge is -2.21. The number of hydrogen-bond acceptors (Lipinski definition) is 2. The Kier molecular flexibility index (Phi) is 6.39.